The molecule has 0 radical (unpaired) electrons. The number of nitrogens with one attached hydrogen (secondary N) is 2. The molecule has 1 aromatic rings. The van der Waals surface area contributed by atoms with Crippen molar-refractivity contribution >= 4 is 23.4 Å². The minimum Gasteiger partial charge on any atom is -0.324 e. The predicted octanol–water partition coefficient (Wildman–Crippen LogP) is 4.52. The molecule has 2 atom stereocenters. The first-order valence-corrected chi connectivity index (χ1v) is 10.1. The molecule has 2 saturated heterocycles. The number of hydrogen-bond acceptors (Lipinski definition) is 2. The Morgan fingerprint density at radius 1 is 0.926 bits per heavy atom. The fourth-order valence-electron chi connectivity index (χ4n) is 3.98. The molecule has 0 aliphatic carbocycles. The largest absolute Gasteiger partial charge is 0.324 e. The summed E-state index contributed by atoms with van der Waals surface area (Å²) in [5, 5.41) is 6.00. The number of nitrogens with zero attached hydrogens (tertiary/aromatic N) is 2. The molecule has 27 heavy (non-hydrogen) atoms. The summed E-state index contributed by atoms with van der Waals surface area (Å²) in [7, 11) is 0. The van der Waals surface area contributed by atoms with E-state index in [2.05, 4.69) is 24.5 Å². The highest BCUT2D eigenvalue weighted by molar-refractivity contribution is 5.93. The van der Waals surface area contributed by atoms with E-state index in [1.807, 2.05) is 34.9 Å². The van der Waals surface area contributed by atoms with Crippen LogP contribution in [0.1, 0.15) is 45.1 Å². The zero-order valence-electron chi connectivity index (χ0n) is 16.8. The van der Waals surface area contributed by atoms with Crippen molar-refractivity contribution in [3.63, 3.8) is 0 Å². The van der Waals surface area contributed by atoms with Gasteiger partial charge in [0, 0.05) is 37.6 Å². The molecule has 0 aromatic heterocycles. The van der Waals surface area contributed by atoms with E-state index in [0.29, 0.717) is 17.5 Å². The van der Waals surface area contributed by atoms with Crippen LogP contribution in [0.2, 0.25) is 0 Å². The number of carbonyl (C=O) groups is 2. The molecule has 2 aliphatic heterocycles. The van der Waals surface area contributed by atoms with Crippen LogP contribution in [0, 0.1) is 18.8 Å². The van der Waals surface area contributed by atoms with Crippen molar-refractivity contribution in [3.05, 3.63) is 23.8 Å². The van der Waals surface area contributed by atoms with Crippen LogP contribution < -0.4 is 10.6 Å². The Kier molecular flexibility index (Phi) is 6.24. The van der Waals surface area contributed by atoms with Gasteiger partial charge in [0.2, 0.25) is 0 Å². The standard InChI is InChI=1S/C21H32N4O2/c1-15-6-4-10-24(13-15)20(26)22-18-9-8-17(3)19(12-18)23-21(27)25-11-5-7-16(2)14-25/h8-9,12,15-16H,4-7,10-11,13-14H2,1-3H3,(H,22,26)(H,23,27). The van der Waals surface area contributed by atoms with Gasteiger partial charge in [0.05, 0.1) is 0 Å². The van der Waals surface area contributed by atoms with Crippen LogP contribution in [0.4, 0.5) is 21.0 Å². The molecular formula is C21H32N4O2. The lowest BCUT2D eigenvalue weighted by molar-refractivity contribution is 0.182. The third kappa shape index (κ3) is 5.15. The molecule has 1 aromatic carbocycles. The second-order valence-corrected chi connectivity index (χ2v) is 8.28. The van der Waals surface area contributed by atoms with Gasteiger partial charge in [0.25, 0.3) is 0 Å². The lowest BCUT2D eigenvalue weighted by atomic mass is 10.0. The van der Waals surface area contributed by atoms with E-state index in [9.17, 15) is 9.59 Å². The normalized spacial score (nSPS) is 23.1. The molecule has 3 rings (SSSR count). The Balaban J connectivity index is 1.63. The van der Waals surface area contributed by atoms with Crippen molar-refractivity contribution in [3.8, 4) is 0 Å². The van der Waals surface area contributed by atoms with Crippen LogP contribution in [-0.2, 0) is 0 Å². The van der Waals surface area contributed by atoms with Gasteiger partial charge in [-0.05, 0) is 62.1 Å². The SMILES string of the molecule is Cc1ccc(NC(=O)N2CCCC(C)C2)cc1NC(=O)N1CCCC(C)C1. The van der Waals surface area contributed by atoms with Crippen molar-refractivity contribution in [2.24, 2.45) is 11.8 Å². The Morgan fingerprint density at radius 2 is 1.48 bits per heavy atom. The molecular weight excluding hydrogens is 340 g/mol. The number of benzene rings is 1. The fourth-order valence-corrected chi connectivity index (χ4v) is 3.98. The first-order chi connectivity index (χ1) is 12.9. The molecule has 2 heterocycles. The summed E-state index contributed by atoms with van der Waals surface area (Å²) in [5.74, 6) is 1.09. The summed E-state index contributed by atoms with van der Waals surface area (Å²) in [4.78, 5) is 28.9. The van der Waals surface area contributed by atoms with Crippen LogP contribution in [-0.4, -0.2) is 48.0 Å². The van der Waals surface area contributed by atoms with E-state index in [1.165, 1.54) is 12.8 Å². The quantitative estimate of drug-likeness (QED) is 0.801. The van der Waals surface area contributed by atoms with Crippen LogP contribution in [0.25, 0.3) is 0 Å². The minimum absolute atomic E-state index is 0.0574. The van der Waals surface area contributed by atoms with Crippen molar-refractivity contribution in [1.29, 1.82) is 0 Å². The maximum Gasteiger partial charge on any atom is 0.321 e. The number of amides is 4. The average Bonchev–Trinajstić information content (AvgIpc) is 2.64. The first-order valence-electron chi connectivity index (χ1n) is 10.1. The molecule has 2 N–H and O–H groups in total. The molecule has 2 aliphatic rings. The molecule has 6 nitrogen and oxygen atoms in total. The number of rotatable bonds is 2. The number of hydrogen-bond donors (Lipinski definition) is 2. The Labute approximate surface area is 162 Å². The van der Waals surface area contributed by atoms with Crippen LogP contribution >= 0.6 is 0 Å². The molecule has 0 saturated carbocycles. The van der Waals surface area contributed by atoms with Crippen molar-refractivity contribution in [2.75, 3.05) is 36.8 Å². The number of piperidine rings is 2. The van der Waals surface area contributed by atoms with E-state index in [4.69, 9.17) is 0 Å². The lowest BCUT2D eigenvalue weighted by Gasteiger charge is -2.31. The summed E-state index contributed by atoms with van der Waals surface area (Å²) >= 11 is 0. The van der Waals surface area contributed by atoms with E-state index >= 15 is 0 Å². The highest BCUT2D eigenvalue weighted by Crippen LogP contribution is 2.23. The molecule has 2 fully saturated rings. The molecule has 4 amide bonds. The van der Waals surface area contributed by atoms with E-state index in [-0.39, 0.29) is 12.1 Å². The van der Waals surface area contributed by atoms with Gasteiger partial charge in [-0.2, -0.15) is 0 Å². The smallest absolute Gasteiger partial charge is 0.321 e. The van der Waals surface area contributed by atoms with Gasteiger partial charge in [-0.1, -0.05) is 19.9 Å². The topological polar surface area (TPSA) is 64.7 Å². The van der Waals surface area contributed by atoms with E-state index in [1.54, 1.807) is 0 Å². The zero-order chi connectivity index (χ0) is 19.4. The summed E-state index contributed by atoms with van der Waals surface area (Å²) in [6.45, 7) is 9.54. The number of aryl methyl sites for hydroxylation is 1. The number of anilines is 2. The highest BCUT2D eigenvalue weighted by atomic mass is 16.2. The molecule has 148 valence electrons. The van der Waals surface area contributed by atoms with E-state index in [0.717, 1.165) is 50.3 Å². The number of urea groups is 2. The van der Waals surface area contributed by atoms with E-state index < -0.39 is 0 Å². The first kappa shape index (κ1) is 19.5. The molecule has 0 spiro atoms. The van der Waals surface area contributed by atoms with Gasteiger partial charge in [0.15, 0.2) is 0 Å². The third-order valence-corrected chi connectivity index (χ3v) is 5.62. The molecule has 2 unspecified atom stereocenters. The average molecular weight is 373 g/mol. The maximum absolute atomic E-state index is 12.6. The monoisotopic (exact) mass is 372 g/mol. The second kappa shape index (κ2) is 8.63. The minimum atomic E-state index is -0.0625. The van der Waals surface area contributed by atoms with Crippen molar-refractivity contribution in [2.45, 2.75) is 46.5 Å². The van der Waals surface area contributed by atoms with Gasteiger partial charge >= 0.3 is 12.1 Å². The van der Waals surface area contributed by atoms with Crippen LogP contribution in [0.3, 0.4) is 0 Å². The summed E-state index contributed by atoms with van der Waals surface area (Å²) in [6.07, 6.45) is 4.47. The Bertz CT molecular complexity index is 691. The van der Waals surface area contributed by atoms with Gasteiger partial charge in [-0.15, -0.1) is 0 Å². The summed E-state index contributed by atoms with van der Waals surface area (Å²) in [5.41, 5.74) is 2.45. The van der Waals surface area contributed by atoms with Crippen LogP contribution in [0.5, 0.6) is 0 Å². The Hall–Kier alpha value is -2.24. The number of carbonyl (C=O) groups excluding carboxylic acids is 2. The maximum atomic E-state index is 12.6. The summed E-state index contributed by atoms with van der Waals surface area (Å²) in [6, 6.07) is 5.55. The predicted molar refractivity (Wildman–Crippen MR) is 109 cm³/mol. The highest BCUT2D eigenvalue weighted by Gasteiger charge is 2.23. The van der Waals surface area contributed by atoms with Gasteiger partial charge in [0.1, 0.15) is 0 Å². The van der Waals surface area contributed by atoms with Gasteiger partial charge in [-0.25, -0.2) is 9.59 Å². The van der Waals surface area contributed by atoms with Gasteiger partial charge in [-0.3, -0.25) is 0 Å². The zero-order valence-corrected chi connectivity index (χ0v) is 16.8. The molecule has 0 bridgehead atoms. The fraction of sp³-hybridized carbons (Fsp3) is 0.619. The number of likely N-dealkylation sites (tertiary alicyclic amines) is 2. The lowest BCUT2D eigenvalue weighted by Crippen LogP contribution is -2.42. The van der Waals surface area contributed by atoms with Crippen molar-refractivity contribution in [1.82, 2.24) is 9.80 Å². The third-order valence-electron chi connectivity index (χ3n) is 5.62. The molecule has 6 heteroatoms. The summed E-state index contributed by atoms with van der Waals surface area (Å²) < 4.78 is 0. The Morgan fingerprint density at radius 3 is 2.04 bits per heavy atom. The van der Waals surface area contributed by atoms with Crippen molar-refractivity contribution < 1.29 is 9.59 Å². The second-order valence-electron chi connectivity index (χ2n) is 8.28. The van der Waals surface area contributed by atoms with Crippen LogP contribution in [0.15, 0.2) is 18.2 Å². The van der Waals surface area contributed by atoms with Gasteiger partial charge < -0.3 is 20.4 Å².